The summed E-state index contributed by atoms with van der Waals surface area (Å²) in [4.78, 5) is 10.9. The van der Waals surface area contributed by atoms with Crippen molar-refractivity contribution in [3.05, 3.63) is 12.2 Å². The maximum Gasteiger partial charge on any atom is 0.453 e. The van der Waals surface area contributed by atoms with Gasteiger partial charge in [-0.2, -0.15) is 65.9 Å². The summed E-state index contributed by atoms with van der Waals surface area (Å²) in [5, 5.41) is 0. The molecule has 0 aliphatic carbocycles. The molecule has 19 heteroatoms. The van der Waals surface area contributed by atoms with E-state index in [-0.39, 0.29) is 0 Å². The first-order valence-electron chi connectivity index (χ1n) is 8.53. The second-order valence-electron chi connectivity index (χ2n) is 7.21. The van der Waals surface area contributed by atoms with Gasteiger partial charge in [0.15, 0.2) is 0 Å². The Labute approximate surface area is 184 Å². The first kappa shape index (κ1) is 33.0. The molecule has 0 rings (SSSR count). The molecular weight excluding hydrogens is 547 g/mol. The highest BCUT2D eigenvalue weighted by molar-refractivity contribution is 5.86. The second-order valence-corrected chi connectivity index (χ2v) is 7.21. The lowest BCUT2D eigenvalue weighted by Crippen LogP contribution is -2.68. The van der Waals surface area contributed by atoms with E-state index in [2.05, 4.69) is 11.3 Å². The third kappa shape index (κ3) is 6.62. The van der Waals surface area contributed by atoms with E-state index in [1.807, 2.05) is 0 Å². The van der Waals surface area contributed by atoms with Crippen LogP contribution in [0.15, 0.2) is 12.2 Å². The highest BCUT2D eigenvalue weighted by Gasteiger charge is 2.86. The van der Waals surface area contributed by atoms with Crippen LogP contribution in [0.2, 0.25) is 0 Å². The summed E-state index contributed by atoms with van der Waals surface area (Å²) in [6, 6.07) is 0. The van der Waals surface area contributed by atoms with Gasteiger partial charge >= 0.3 is 47.7 Å². The van der Waals surface area contributed by atoms with Crippen LogP contribution in [-0.4, -0.2) is 60.2 Å². The third-order valence-corrected chi connectivity index (χ3v) is 4.08. The topological polar surface area (TPSA) is 26.3 Å². The lowest BCUT2D eigenvalue weighted by Gasteiger charge is -2.40. The number of ether oxygens (including phenoxy) is 1. The molecule has 0 amide bonds. The lowest BCUT2D eigenvalue weighted by molar-refractivity contribution is -0.407. The first-order valence-corrected chi connectivity index (χ1v) is 8.53. The maximum atomic E-state index is 13.6. The predicted octanol–water partition coefficient (Wildman–Crippen LogP) is 7.29. The molecular formula is C16H13F17O2. The van der Waals surface area contributed by atoms with Crippen LogP contribution in [0, 0.1) is 0 Å². The number of carbonyl (C=O) groups excluding carboxylic acids is 1. The summed E-state index contributed by atoms with van der Waals surface area (Å²) in [5.74, 6) is -51.1. The van der Waals surface area contributed by atoms with Crippen molar-refractivity contribution < 1.29 is 84.2 Å². The minimum atomic E-state index is -7.89. The van der Waals surface area contributed by atoms with Gasteiger partial charge in [-0.3, -0.25) is 0 Å². The van der Waals surface area contributed by atoms with Gasteiger partial charge in [0.05, 0.1) is 25.9 Å². The second kappa shape index (κ2) is 9.48. The zero-order valence-corrected chi connectivity index (χ0v) is 16.8. The molecule has 0 atom stereocenters. The fraction of sp³-hybridized carbons (Fsp3) is 0.812. The van der Waals surface area contributed by atoms with Gasteiger partial charge in [-0.15, -0.1) is 0 Å². The van der Waals surface area contributed by atoms with Crippen LogP contribution in [0.25, 0.3) is 0 Å². The van der Waals surface area contributed by atoms with Crippen LogP contribution in [0.5, 0.6) is 0 Å². The van der Waals surface area contributed by atoms with Crippen molar-refractivity contribution in [2.24, 2.45) is 0 Å². The Morgan fingerprint density at radius 3 is 1.37 bits per heavy atom. The molecule has 0 fully saturated rings. The van der Waals surface area contributed by atoms with Gasteiger partial charge < -0.3 is 4.74 Å². The van der Waals surface area contributed by atoms with Crippen molar-refractivity contribution in [3.63, 3.8) is 0 Å². The summed E-state index contributed by atoms with van der Waals surface area (Å²) in [5.41, 5.74) is -0.534. The molecule has 35 heavy (non-hydrogen) atoms. The Morgan fingerprint density at radius 1 is 0.629 bits per heavy atom. The Bertz CT molecular complexity index is 781. The van der Waals surface area contributed by atoms with E-state index >= 15 is 0 Å². The summed E-state index contributed by atoms with van der Waals surface area (Å²) in [7, 11) is 0. The van der Waals surface area contributed by atoms with E-state index in [1.165, 1.54) is 0 Å². The Balaban J connectivity index is 6.00. The van der Waals surface area contributed by atoms with Gasteiger partial charge in [-0.25, -0.2) is 13.6 Å². The van der Waals surface area contributed by atoms with Crippen molar-refractivity contribution >= 4 is 5.97 Å². The number of halogens is 17. The molecule has 0 aromatic heterocycles. The molecule has 0 bridgehead atoms. The third-order valence-electron chi connectivity index (χ3n) is 4.08. The normalized spacial score (nSPS) is 15.3. The van der Waals surface area contributed by atoms with Crippen LogP contribution in [0.3, 0.4) is 0 Å². The minimum absolute atomic E-state index is 0.534. The number of alkyl halides is 17. The van der Waals surface area contributed by atoms with Crippen LogP contribution in [0.1, 0.15) is 26.2 Å². The van der Waals surface area contributed by atoms with Gasteiger partial charge in [-0.05, 0) is 6.92 Å². The summed E-state index contributed by atoms with van der Waals surface area (Å²) in [6.45, 7) is 1.92. The molecule has 0 spiro atoms. The molecule has 0 aliphatic rings. The van der Waals surface area contributed by atoms with Crippen molar-refractivity contribution in [2.45, 2.75) is 73.8 Å². The molecule has 0 aromatic rings. The van der Waals surface area contributed by atoms with E-state index in [9.17, 15) is 79.4 Å². The highest BCUT2D eigenvalue weighted by atomic mass is 19.4. The van der Waals surface area contributed by atoms with Crippen molar-refractivity contribution in [1.82, 2.24) is 0 Å². The number of esters is 1. The summed E-state index contributed by atoms with van der Waals surface area (Å²) >= 11 is 0. The smallest absolute Gasteiger partial charge is 0.453 e. The lowest BCUT2D eigenvalue weighted by atomic mass is 9.89. The fourth-order valence-electron chi connectivity index (χ4n) is 2.13. The minimum Gasteiger partial charge on any atom is -0.462 e. The van der Waals surface area contributed by atoms with Crippen LogP contribution in [0.4, 0.5) is 74.6 Å². The standard InChI is InChI=1S/C16H13F17O2/c1-7(2)8(34)35-4-3-10(19,20)13(25,26)15(29,30)14(27,28)11(21,22)5-9(17,18)6-12(23,24)16(31,32)33/h1,3-6H2,2H3. The quantitative estimate of drug-likeness (QED) is 0.143. The van der Waals surface area contributed by atoms with Gasteiger partial charge in [0.1, 0.15) is 0 Å². The van der Waals surface area contributed by atoms with Gasteiger partial charge in [0, 0.05) is 5.57 Å². The van der Waals surface area contributed by atoms with Gasteiger partial charge in [0.2, 0.25) is 0 Å². The summed E-state index contributed by atoms with van der Waals surface area (Å²) in [6.07, 6.45) is -17.8. The average Bonchev–Trinajstić information content (AvgIpc) is 2.57. The van der Waals surface area contributed by atoms with Crippen molar-refractivity contribution in [3.8, 4) is 0 Å². The molecule has 0 saturated heterocycles. The molecule has 0 N–H and O–H groups in total. The highest BCUT2D eigenvalue weighted by Crippen LogP contribution is 2.59. The van der Waals surface area contributed by atoms with Crippen LogP contribution in [-0.2, 0) is 9.53 Å². The van der Waals surface area contributed by atoms with Gasteiger partial charge in [0.25, 0.3) is 5.92 Å². The van der Waals surface area contributed by atoms with Crippen molar-refractivity contribution in [2.75, 3.05) is 6.61 Å². The number of hydrogen-bond donors (Lipinski definition) is 0. The molecule has 0 aliphatic heterocycles. The van der Waals surface area contributed by atoms with E-state index in [1.54, 1.807) is 0 Å². The SMILES string of the molecule is C=C(C)C(=O)OCCC(F)(F)C(F)(F)C(F)(F)C(F)(F)C(F)(F)CC(F)(F)CC(F)(F)C(F)(F)F. The predicted molar refractivity (Wildman–Crippen MR) is 80.3 cm³/mol. The van der Waals surface area contributed by atoms with E-state index < -0.39 is 85.0 Å². The van der Waals surface area contributed by atoms with E-state index in [0.717, 1.165) is 6.92 Å². The molecule has 208 valence electrons. The first-order chi connectivity index (χ1) is 15.0. The largest absolute Gasteiger partial charge is 0.462 e. The maximum absolute atomic E-state index is 13.6. The number of hydrogen-bond acceptors (Lipinski definition) is 2. The zero-order chi connectivity index (χ0) is 28.7. The van der Waals surface area contributed by atoms with Crippen LogP contribution >= 0.6 is 0 Å². The molecule has 0 aromatic carbocycles. The Kier molecular flexibility index (Phi) is 8.94. The Hall–Kier alpha value is -1.98. The van der Waals surface area contributed by atoms with Crippen molar-refractivity contribution in [1.29, 1.82) is 0 Å². The molecule has 0 radical (unpaired) electrons. The van der Waals surface area contributed by atoms with E-state index in [4.69, 9.17) is 0 Å². The zero-order valence-electron chi connectivity index (χ0n) is 16.8. The monoisotopic (exact) mass is 560 g/mol. The molecule has 0 unspecified atom stereocenters. The van der Waals surface area contributed by atoms with Gasteiger partial charge in [-0.1, -0.05) is 6.58 Å². The molecule has 0 saturated carbocycles. The average molecular weight is 560 g/mol. The molecule has 0 heterocycles. The Morgan fingerprint density at radius 2 is 1.00 bits per heavy atom. The van der Waals surface area contributed by atoms with Crippen LogP contribution < -0.4 is 0 Å². The number of rotatable bonds is 12. The fourth-order valence-corrected chi connectivity index (χ4v) is 2.13. The van der Waals surface area contributed by atoms with E-state index in [0.29, 0.717) is 0 Å². The summed E-state index contributed by atoms with van der Waals surface area (Å²) < 4.78 is 227. The number of carbonyl (C=O) groups is 1. The molecule has 2 nitrogen and oxygen atoms in total.